The molecule has 46 heavy (non-hydrogen) atoms. The lowest BCUT2D eigenvalue weighted by Crippen LogP contribution is -2.59. The van der Waals surface area contributed by atoms with E-state index >= 15 is 0 Å². The minimum atomic E-state index is 0.0181. The average Bonchev–Trinajstić information content (AvgIpc) is 3.13. The molecule has 0 radical (unpaired) electrons. The molecular weight excluding hydrogens is 559 g/mol. The topological polar surface area (TPSA) is 15.7 Å². The van der Waals surface area contributed by atoms with Gasteiger partial charge in [0.2, 0.25) is 0 Å². The van der Waals surface area contributed by atoms with Crippen LogP contribution in [0.3, 0.4) is 0 Å². The van der Waals surface area contributed by atoms with Crippen LogP contribution in [-0.2, 0) is 0 Å². The molecule has 2 heterocycles. The van der Waals surface area contributed by atoms with Crippen LogP contribution >= 0.6 is 0 Å². The van der Waals surface area contributed by atoms with Crippen molar-refractivity contribution >= 4 is 57.2 Å². The maximum Gasteiger partial charge on any atom is 0.256 e. The normalized spacial score (nSPS) is 12.4. The molecular formula is C42H29BN2O. The minimum Gasteiger partial charge on any atom is -0.458 e. The molecule has 0 spiro atoms. The van der Waals surface area contributed by atoms with Crippen LogP contribution in [0.15, 0.2) is 176 Å². The molecule has 7 aromatic carbocycles. The van der Waals surface area contributed by atoms with Gasteiger partial charge < -0.3 is 14.5 Å². The standard InChI is InChI=1S/C42H29BN2O/c1-5-15-30(16-6-1)35-26-28-39-41-42(35)46-40-29-34(44(31-17-7-2-8-18-31)32-19-9-3-10-20-32)25-27-37(40)43(41)36-23-13-14-24-38(36)45(39)33-21-11-4-12-22-33/h1-29H. The zero-order valence-corrected chi connectivity index (χ0v) is 25.1. The quantitative estimate of drug-likeness (QED) is 0.187. The predicted molar refractivity (Wildman–Crippen MR) is 192 cm³/mol. The first-order valence-electron chi connectivity index (χ1n) is 15.7. The summed E-state index contributed by atoms with van der Waals surface area (Å²) >= 11 is 0. The summed E-state index contributed by atoms with van der Waals surface area (Å²) in [5, 5.41) is 0. The number of rotatable bonds is 5. The van der Waals surface area contributed by atoms with Gasteiger partial charge in [-0.15, -0.1) is 0 Å². The summed E-state index contributed by atoms with van der Waals surface area (Å²) in [5.74, 6) is 1.80. The van der Waals surface area contributed by atoms with Gasteiger partial charge in [0.15, 0.2) is 0 Å². The maximum atomic E-state index is 7.12. The molecule has 0 fully saturated rings. The van der Waals surface area contributed by atoms with Gasteiger partial charge in [-0.1, -0.05) is 109 Å². The lowest BCUT2D eigenvalue weighted by atomic mass is 9.34. The molecule has 2 aliphatic heterocycles. The van der Waals surface area contributed by atoms with Crippen molar-refractivity contribution < 1.29 is 4.74 Å². The lowest BCUT2D eigenvalue weighted by molar-refractivity contribution is 0.489. The molecule has 7 aromatic rings. The average molecular weight is 589 g/mol. The van der Waals surface area contributed by atoms with Crippen LogP contribution in [0.1, 0.15) is 0 Å². The summed E-state index contributed by atoms with van der Waals surface area (Å²) in [6.45, 7) is 0.0181. The van der Waals surface area contributed by atoms with Crippen LogP contribution in [0.25, 0.3) is 11.1 Å². The molecule has 4 heteroatoms. The van der Waals surface area contributed by atoms with E-state index in [1.54, 1.807) is 0 Å². The van der Waals surface area contributed by atoms with Gasteiger partial charge in [-0.25, -0.2) is 0 Å². The van der Waals surface area contributed by atoms with E-state index in [4.69, 9.17) is 4.74 Å². The number of ether oxygens (including phenoxy) is 1. The summed E-state index contributed by atoms with van der Waals surface area (Å²) in [6.07, 6.45) is 0. The summed E-state index contributed by atoms with van der Waals surface area (Å²) in [6, 6.07) is 62.3. The van der Waals surface area contributed by atoms with Gasteiger partial charge in [-0.05, 0) is 82.6 Å². The van der Waals surface area contributed by atoms with E-state index in [1.165, 1.54) is 22.1 Å². The van der Waals surface area contributed by atoms with E-state index in [0.29, 0.717) is 0 Å². The Bertz CT molecular complexity index is 2150. The number of anilines is 6. The second kappa shape index (κ2) is 10.9. The van der Waals surface area contributed by atoms with Crippen molar-refractivity contribution in [3.05, 3.63) is 176 Å². The third-order valence-electron chi connectivity index (χ3n) is 9.10. The van der Waals surface area contributed by atoms with Crippen LogP contribution in [0, 0.1) is 0 Å². The van der Waals surface area contributed by atoms with Crippen molar-refractivity contribution in [2.45, 2.75) is 0 Å². The Morgan fingerprint density at radius 1 is 0.478 bits per heavy atom. The molecule has 0 amide bonds. The maximum absolute atomic E-state index is 7.12. The lowest BCUT2D eigenvalue weighted by Gasteiger charge is -2.40. The molecule has 0 saturated carbocycles. The zero-order valence-electron chi connectivity index (χ0n) is 25.1. The van der Waals surface area contributed by atoms with Crippen LogP contribution in [0.5, 0.6) is 11.5 Å². The van der Waals surface area contributed by atoms with E-state index in [-0.39, 0.29) is 6.71 Å². The minimum absolute atomic E-state index is 0.0181. The monoisotopic (exact) mass is 588 g/mol. The van der Waals surface area contributed by atoms with Crippen molar-refractivity contribution in [3.63, 3.8) is 0 Å². The molecule has 3 nitrogen and oxygen atoms in total. The van der Waals surface area contributed by atoms with Gasteiger partial charge in [0.1, 0.15) is 11.5 Å². The Hall–Kier alpha value is -6.00. The van der Waals surface area contributed by atoms with E-state index < -0.39 is 0 Å². The molecule has 216 valence electrons. The Morgan fingerprint density at radius 3 is 1.78 bits per heavy atom. The van der Waals surface area contributed by atoms with Crippen LogP contribution in [-0.4, -0.2) is 6.71 Å². The molecule has 0 N–H and O–H groups in total. The van der Waals surface area contributed by atoms with Gasteiger partial charge in [-0.3, -0.25) is 0 Å². The van der Waals surface area contributed by atoms with Crippen molar-refractivity contribution in [1.82, 2.24) is 0 Å². The third kappa shape index (κ3) is 4.22. The number of para-hydroxylation sites is 4. The summed E-state index contributed by atoms with van der Waals surface area (Å²) < 4.78 is 7.12. The molecule has 0 aliphatic carbocycles. The first-order chi connectivity index (χ1) is 22.8. The van der Waals surface area contributed by atoms with Crippen molar-refractivity contribution in [1.29, 1.82) is 0 Å². The van der Waals surface area contributed by atoms with E-state index in [9.17, 15) is 0 Å². The second-order valence-electron chi connectivity index (χ2n) is 11.7. The fraction of sp³-hybridized carbons (Fsp3) is 0. The van der Waals surface area contributed by atoms with E-state index in [1.807, 2.05) is 0 Å². The zero-order chi connectivity index (χ0) is 30.5. The fourth-order valence-corrected chi connectivity index (χ4v) is 7.12. The summed E-state index contributed by atoms with van der Waals surface area (Å²) in [4.78, 5) is 4.67. The van der Waals surface area contributed by atoms with Crippen LogP contribution < -0.4 is 30.9 Å². The molecule has 0 unspecified atom stereocenters. The van der Waals surface area contributed by atoms with Gasteiger partial charge >= 0.3 is 0 Å². The van der Waals surface area contributed by atoms with E-state index in [0.717, 1.165) is 51.1 Å². The molecule has 0 atom stereocenters. The predicted octanol–water partition coefficient (Wildman–Crippen LogP) is 9.23. The Kier molecular flexibility index (Phi) is 6.24. The Labute approximate surface area is 269 Å². The van der Waals surface area contributed by atoms with Gasteiger partial charge in [0.05, 0.1) is 0 Å². The number of hydrogen-bond acceptors (Lipinski definition) is 3. The third-order valence-corrected chi connectivity index (χ3v) is 9.10. The Morgan fingerprint density at radius 2 is 1.09 bits per heavy atom. The van der Waals surface area contributed by atoms with Gasteiger partial charge in [0.25, 0.3) is 6.71 Å². The van der Waals surface area contributed by atoms with Gasteiger partial charge in [0, 0.05) is 45.8 Å². The first kappa shape index (κ1) is 26.4. The number of fused-ring (bicyclic) bond motifs is 4. The van der Waals surface area contributed by atoms with Crippen LogP contribution in [0.4, 0.5) is 34.1 Å². The molecule has 0 bridgehead atoms. The summed E-state index contributed by atoms with van der Waals surface area (Å²) in [5.41, 5.74) is 12.6. The van der Waals surface area contributed by atoms with Crippen molar-refractivity contribution in [3.8, 4) is 22.6 Å². The number of nitrogens with zero attached hydrogens (tertiary/aromatic N) is 2. The highest BCUT2D eigenvalue weighted by Crippen LogP contribution is 2.45. The SMILES string of the molecule is c1ccc(-c2ccc3c4c2Oc2cc(N(c5ccccc5)c5ccccc5)ccc2B4c2ccccc2N3c2ccccc2)cc1. The fourth-order valence-electron chi connectivity index (χ4n) is 7.12. The smallest absolute Gasteiger partial charge is 0.256 e. The number of benzene rings is 7. The highest BCUT2D eigenvalue weighted by molar-refractivity contribution is 6.99. The molecule has 9 rings (SSSR count). The molecule has 0 aromatic heterocycles. The summed E-state index contributed by atoms with van der Waals surface area (Å²) in [7, 11) is 0. The van der Waals surface area contributed by atoms with Crippen molar-refractivity contribution in [2.24, 2.45) is 0 Å². The van der Waals surface area contributed by atoms with Crippen molar-refractivity contribution in [2.75, 3.05) is 9.80 Å². The molecule has 2 aliphatic rings. The Balaban J connectivity index is 1.29. The molecule has 0 saturated heterocycles. The highest BCUT2D eigenvalue weighted by Gasteiger charge is 2.42. The largest absolute Gasteiger partial charge is 0.458 e. The van der Waals surface area contributed by atoms with Crippen LogP contribution in [0.2, 0.25) is 0 Å². The second-order valence-corrected chi connectivity index (χ2v) is 11.7. The number of hydrogen-bond donors (Lipinski definition) is 0. The van der Waals surface area contributed by atoms with E-state index in [2.05, 4.69) is 186 Å². The van der Waals surface area contributed by atoms with Gasteiger partial charge in [-0.2, -0.15) is 0 Å². The first-order valence-corrected chi connectivity index (χ1v) is 15.7. The highest BCUT2D eigenvalue weighted by atomic mass is 16.5.